The van der Waals surface area contributed by atoms with Gasteiger partial charge in [0.2, 0.25) is 0 Å². The highest BCUT2D eigenvalue weighted by Gasteiger charge is 2.24. The number of hydrogen-bond donors (Lipinski definition) is 1. The molecule has 0 aliphatic rings. The molecule has 12 heteroatoms. The van der Waals surface area contributed by atoms with Crippen LogP contribution in [0.25, 0.3) is 0 Å². The van der Waals surface area contributed by atoms with Gasteiger partial charge in [0.25, 0.3) is 0 Å². The Hall–Kier alpha value is -3.54. The highest BCUT2D eigenvalue weighted by Crippen LogP contribution is 2.30. The van der Waals surface area contributed by atoms with E-state index >= 15 is 0 Å². The second-order valence-electron chi connectivity index (χ2n) is 9.47. The van der Waals surface area contributed by atoms with Crippen LogP contribution in [0.2, 0.25) is 0 Å². The van der Waals surface area contributed by atoms with Gasteiger partial charge in [-0.15, -0.1) is 0 Å². The van der Waals surface area contributed by atoms with E-state index in [1.54, 1.807) is 19.9 Å². The van der Waals surface area contributed by atoms with Crippen LogP contribution in [0.5, 0.6) is 11.5 Å². The van der Waals surface area contributed by atoms with Gasteiger partial charge in [0.15, 0.2) is 11.5 Å². The normalized spacial score (nSPS) is 12.8. The fourth-order valence-electron chi connectivity index (χ4n) is 3.47. The van der Waals surface area contributed by atoms with Crippen molar-refractivity contribution in [2.75, 3.05) is 26.9 Å². The Balaban J connectivity index is 2.97. The third-order valence-electron chi connectivity index (χ3n) is 5.70. The van der Waals surface area contributed by atoms with Gasteiger partial charge in [-0.1, -0.05) is 46.1 Å². The third kappa shape index (κ3) is 15.1. The number of ether oxygens (including phenoxy) is 7. The van der Waals surface area contributed by atoms with Crippen molar-refractivity contribution in [2.24, 2.45) is 0 Å². The SMILES string of the molecule is CCCCOC(=O)Oc1ccc(C[C@H](NCC(C)OC(=O)OC(C)CCC)C(=O)OC)cc1OC(=O)OCCCC. The van der Waals surface area contributed by atoms with Crippen LogP contribution in [0.4, 0.5) is 14.4 Å². The first kappa shape index (κ1) is 35.5. The molecule has 0 saturated heterocycles. The predicted octanol–water partition coefficient (Wildman–Crippen LogP) is 5.72. The van der Waals surface area contributed by atoms with Crippen molar-refractivity contribution >= 4 is 24.4 Å². The lowest BCUT2D eigenvalue weighted by molar-refractivity contribution is -0.143. The van der Waals surface area contributed by atoms with Crippen molar-refractivity contribution in [3.63, 3.8) is 0 Å². The average molecular weight is 584 g/mol. The van der Waals surface area contributed by atoms with Gasteiger partial charge >= 0.3 is 24.4 Å². The van der Waals surface area contributed by atoms with E-state index in [4.69, 9.17) is 33.2 Å². The summed E-state index contributed by atoms with van der Waals surface area (Å²) in [6.45, 7) is 9.83. The Morgan fingerprint density at radius 2 is 1.37 bits per heavy atom. The fraction of sp³-hybridized carbons (Fsp3) is 0.655. The largest absolute Gasteiger partial charge is 0.513 e. The number of hydrogen-bond acceptors (Lipinski definition) is 12. The number of esters is 1. The average Bonchev–Trinajstić information content (AvgIpc) is 2.92. The van der Waals surface area contributed by atoms with Gasteiger partial charge in [-0.3, -0.25) is 4.79 Å². The maximum atomic E-state index is 12.5. The molecule has 0 aliphatic heterocycles. The maximum Gasteiger partial charge on any atom is 0.513 e. The van der Waals surface area contributed by atoms with Crippen LogP contribution in [0.1, 0.15) is 78.7 Å². The number of methoxy groups -OCH3 is 1. The van der Waals surface area contributed by atoms with E-state index in [2.05, 4.69) is 5.32 Å². The molecule has 0 aliphatic carbocycles. The van der Waals surface area contributed by atoms with Crippen LogP contribution in [0, 0.1) is 0 Å². The molecule has 0 spiro atoms. The van der Waals surface area contributed by atoms with Crippen LogP contribution in [0.15, 0.2) is 18.2 Å². The Bertz CT molecular complexity index is 953. The Labute approximate surface area is 242 Å². The smallest absolute Gasteiger partial charge is 0.468 e. The summed E-state index contributed by atoms with van der Waals surface area (Å²) in [6.07, 6.45) is 1.14. The highest BCUT2D eigenvalue weighted by atomic mass is 16.7. The van der Waals surface area contributed by atoms with Gasteiger partial charge in [0, 0.05) is 6.54 Å². The van der Waals surface area contributed by atoms with E-state index in [1.807, 2.05) is 20.8 Å². The molecule has 1 aromatic rings. The zero-order valence-corrected chi connectivity index (χ0v) is 25.0. The molecular formula is C29H45NO11. The molecule has 0 aromatic heterocycles. The van der Waals surface area contributed by atoms with E-state index in [9.17, 15) is 19.2 Å². The molecule has 0 bridgehead atoms. The Kier molecular flexibility index (Phi) is 17.6. The van der Waals surface area contributed by atoms with Crippen LogP contribution in [-0.4, -0.2) is 69.6 Å². The molecule has 41 heavy (non-hydrogen) atoms. The predicted molar refractivity (Wildman–Crippen MR) is 149 cm³/mol. The van der Waals surface area contributed by atoms with Crippen molar-refractivity contribution in [1.29, 1.82) is 0 Å². The van der Waals surface area contributed by atoms with Gasteiger partial charge in [-0.05, 0) is 57.2 Å². The number of carbonyl (C=O) groups is 4. The summed E-state index contributed by atoms with van der Waals surface area (Å²) in [5.41, 5.74) is 0.553. The second kappa shape index (κ2) is 20.4. The fourth-order valence-corrected chi connectivity index (χ4v) is 3.47. The molecule has 1 N–H and O–H groups in total. The first-order valence-electron chi connectivity index (χ1n) is 14.1. The minimum Gasteiger partial charge on any atom is -0.468 e. The zero-order chi connectivity index (χ0) is 30.6. The highest BCUT2D eigenvalue weighted by molar-refractivity contribution is 5.76. The van der Waals surface area contributed by atoms with Crippen LogP contribution >= 0.6 is 0 Å². The van der Waals surface area contributed by atoms with Gasteiger partial charge in [-0.2, -0.15) is 0 Å². The topological polar surface area (TPSA) is 145 Å². The summed E-state index contributed by atoms with van der Waals surface area (Å²) in [5, 5.41) is 3.03. The molecule has 0 fully saturated rings. The summed E-state index contributed by atoms with van der Waals surface area (Å²) >= 11 is 0. The van der Waals surface area contributed by atoms with Gasteiger partial charge < -0.3 is 38.5 Å². The molecule has 0 heterocycles. The molecule has 0 radical (unpaired) electrons. The molecule has 1 aromatic carbocycles. The molecule has 0 amide bonds. The van der Waals surface area contributed by atoms with Crippen LogP contribution < -0.4 is 14.8 Å². The van der Waals surface area contributed by atoms with Crippen LogP contribution in [0.3, 0.4) is 0 Å². The van der Waals surface area contributed by atoms with Gasteiger partial charge in [0.1, 0.15) is 18.2 Å². The molecule has 0 saturated carbocycles. The van der Waals surface area contributed by atoms with Crippen molar-refractivity contribution in [3.05, 3.63) is 23.8 Å². The summed E-state index contributed by atoms with van der Waals surface area (Å²) < 4.78 is 36.0. The molecule has 2 unspecified atom stereocenters. The number of benzene rings is 1. The summed E-state index contributed by atoms with van der Waals surface area (Å²) in [7, 11) is 1.26. The van der Waals surface area contributed by atoms with E-state index in [0.717, 1.165) is 25.7 Å². The van der Waals surface area contributed by atoms with Crippen LogP contribution in [-0.2, 0) is 34.9 Å². The Morgan fingerprint density at radius 1 is 0.780 bits per heavy atom. The van der Waals surface area contributed by atoms with Gasteiger partial charge in [0.05, 0.1) is 20.3 Å². The summed E-state index contributed by atoms with van der Waals surface area (Å²) in [5.74, 6) is -0.693. The molecule has 1 rings (SSSR count). The number of nitrogens with one attached hydrogen (secondary N) is 1. The molecular weight excluding hydrogens is 538 g/mol. The first-order valence-corrected chi connectivity index (χ1v) is 14.1. The van der Waals surface area contributed by atoms with E-state index in [1.165, 1.54) is 19.2 Å². The summed E-state index contributed by atoms with van der Waals surface area (Å²) in [6, 6.07) is 3.66. The van der Waals surface area contributed by atoms with Crippen molar-refractivity contribution in [3.8, 4) is 11.5 Å². The second-order valence-corrected chi connectivity index (χ2v) is 9.47. The van der Waals surface area contributed by atoms with E-state index in [0.29, 0.717) is 18.4 Å². The van der Waals surface area contributed by atoms with Crippen molar-refractivity contribution < 1.29 is 52.3 Å². The quantitative estimate of drug-likeness (QED) is 0.0976. The van der Waals surface area contributed by atoms with E-state index < -0.39 is 36.6 Å². The van der Waals surface area contributed by atoms with Crippen molar-refractivity contribution in [2.45, 2.75) is 97.8 Å². The van der Waals surface area contributed by atoms with E-state index in [-0.39, 0.29) is 43.8 Å². The number of carbonyl (C=O) groups excluding carboxylic acids is 4. The Morgan fingerprint density at radius 3 is 1.93 bits per heavy atom. The van der Waals surface area contributed by atoms with Gasteiger partial charge in [-0.25, -0.2) is 14.4 Å². The minimum atomic E-state index is -0.964. The standard InChI is InChI=1S/C29H45NO11/c1-7-10-15-36-27(32)40-24-14-13-22(18-25(24)41-28(33)37-16-11-8-2)17-23(26(31)35-6)30-19-21(5)39-29(34)38-20(4)12-9-3/h13-14,18,20-21,23,30H,7-12,15-17,19H2,1-6H3/t20?,21?,23-/m0/s1. The third-order valence-corrected chi connectivity index (χ3v) is 5.70. The first-order chi connectivity index (χ1) is 19.6. The molecule has 232 valence electrons. The monoisotopic (exact) mass is 583 g/mol. The van der Waals surface area contributed by atoms with Crippen molar-refractivity contribution in [1.82, 2.24) is 5.32 Å². The lowest BCUT2D eigenvalue weighted by Crippen LogP contribution is -2.43. The lowest BCUT2D eigenvalue weighted by Gasteiger charge is -2.21. The summed E-state index contributed by atoms with van der Waals surface area (Å²) in [4.78, 5) is 48.9. The minimum absolute atomic E-state index is 0.0527. The molecule has 12 nitrogen and oxygen atoms in total. The molecule has 3 atom stereocenters. The maximum absolute atomic E-state index is 12.5. The number of unbranched alkanes of at least 4 members (excludes halogenated alkanes) is 2. The lowest BCUT2D eigenvalue weighted by atomic mass is 10.0. The zero-order valence-electron chi connectivity index (χ0n) is 25.0. The number of rotatable bonds is 18.